The number of hydrogen-bond donors (Lipinski definition) is 2. The summed E-state index contributed by atoms with van der Waals surface area (Å²) in [5, 5.41) is 2.05. The highest BCUT2D eigenvalue weighted by atomic mass is 35.5. The maximum absolute atomic E-state index is 13.1. The fourth-order valence-corrected chi connectivity index (χ4v) is 2.05. The van der Waals surface area contributed by atoms with Crippen LogP contribution < -0.4 is 11.1 Å². The molecule has 0 saturated carbocycles. The van der Waals surface area contributed by atoms with Crippen molar-refractivity contribution in [3.8, 4) is 0 Å². The molecular weight excluding hydrogens is 329 g/mol. The number of carbonyl (C=O) groups excluding carboxylic acids is 1. The van der Waals surface area contributed by atoms with Crippen LogP contribution in [0.1, 0.15) is 32.3 Å². The Hall–Kier alpha value is -1.27. The summed E-state index contributed by atoms with van der Waals surface area (Å²) in [5.74, 6) is -0.909. The summed E-state index contributed by atoms with van der Waals surface area (Å²) >= 11 is 0. The molecule has 0 fully saturated rings. The maximum atomic E-state index is 13.1. The van der Waals surface area contributed by atoms with Gasteiger partial charge in [-0.05, 0) is 24.3 Å². The zero-order valence-corrected chi connectivity index (χ0v) is 14.1. The molecule has 0 aliphatic rings. The number of carbonyl (C=O) groups is 1. The maximum Gasteiger partial charge on any atom is 0.408 e. The largest absolute Gasteiger partial charge is 0.408 e. The lowest BCUT2D eigenvalue weighted by molar-refractivity contribution is -0.163. The second-order valence-corrected chi connectivity index (χ2v) is 5.54. The number of nitrogens with one attached hydrogen (secondary N) is 1. The summed E-state index contributed by atoms with van der Waals surface area (Å²) in [5.41, 5.74) is 6.49. The van der Waals surface area contributed by atoms with Crippen LogP contribution in [0.5, 0.6) is 0 Å². The number of benzene rings is 1. The minimum absolute atomic E-state index is 0. The van der Waals surface area contributed by atoms with Crippen molar-refractivity contribution in [3.63, 3.8) is 0 Å². The minimum atomic E-state index is -4.49. The molecule has 0 heterocycles. The van der Waals surface area contributed by atoms with Crippen molar-refractivity contribution < 1.29 is 18.0 Å². The molecule has 0 aliphatic heterocycles. The third kappa shape index (κ3) is 7.22. The minimum Gasteiger partial charge on any atom is -0.343 e. The molecule has 3 N–H and O–H groups in total. The van der Waals surface area contributed by atoms with Gasteiger partial charge in [-0.1, -0.05) is 50.6 Å². The predicted octanol–water partition coefficient (Wildman–Crippen LogP) is 3.46. The van der Waals surface area contributed by atoms with Gasteiger partial charge in [-0.3, -0.25) is 4.79 Å². The van der Waals surface area contributed by atoms with Gasteiger partial charge in [-0.15, -0.1) is 12.4 Å². The summed E-state index contributed by atoms with van der Waals surface area (Å²) in [6.45, 7) is 3.59. The molecular formula is C16H24ClF3N2O. The molecule has 1 aromatic rings. The average molecular weight is 353 g/mol. The van der Waals surface area contributed by atoms with E-state index in [0.29, 0.717) is 6.42 Å². The summed E-state index contributed by atoms with van der Waals surface area (Å²) in [6.07, 6.45) is -3.81. The molecule has 0 bridgehead atoms. The van der Waals surface area contributed by atoms with E-state index in [1.165, 1.54) is 0 Å². The molecule has 3 atom stereocenters. The quantitative estimate of drug-likeness (QED) is 0.789. The highest BCUT2D eigenvalue weighted by molar-refractivity contribution is 5.85. The summed E-state index contributed by atoms with van der Waals surface area (Å²) in [4.78, 5) is 11.9. The first-order chi connectivity index (χ1) is 10.3. The van der Waals surface area contributed by atoms with E-state index in [0.717, 1.165) is 5.56 Å². The molecule has 0 spiro atoms. The number of rotatable bonds is 7. The van der Waals surface area contributed by atoms with Gasteiger partial charge in [0.15, 0.2) is 0 Å². The van der Waals surface area contributed by atoms with Gasteiger partial charge in [0.25, 0.3) is 0 Å². The van der Waals surface area contributed by atoms with Crippen LogP contribution in [0, 0.1) is 5.92 Å². The van der Waals surface area contributed by atoms with Crippen molar-refractivity contribution in [2.24, 2.45) is 11.7 Å². The molecule has 132 valence electrons. The molecule has 3 nitrogen and oxygen atoms in total. The highest BCUT2D eigenvalue weighted by Crippen LogP contribution is 2.24. The van der Waals surface area contributed by atoms with Gasteiger partial charge >= 0.3 is 6.18 Å². The Morgan fingerprint density at radius 2 is 1.83 bits per heavy atom. The lowest BCUT2D eigenvalue weighted by atomic mass is 9.98. The van der Waals surface area contributed by atoms with Crippen molar-refractivity contribution in [1.82, 2.24) is 5.32 Å². The summed E-state index contributed by atoms with van der Waals surface area (Å²) in [6, 6.07) is 6.07. The third-order valence-electron chi connectivity index (χ3n) is 3.84. The van der Waals surface area contributed by atoms with Gasteiger partial charge in [0.05, 0.1) is 6.04 Å². The number of halogens is 4. The van der Waals surface area contributed by atoms with Crippen molar-refractivity contribution in [3.05, 3.63) is 35.9 Å². The van der Waals surface area contributed by atoms with Crippen LogP contribution in [0.25, 0.3) is 0 Å². The van der Waals surface area contributed by atoms with Crippen LogP contribution in [-0.4, -0.2) is 24.2 Å². The fourth-order valence-electron chi connectivity index (χ4n) is 2.05. The third-order valence-corrected chi connectivity index (χ3v) is 3.84. The fraction of sp³-hybridized carbons (Fsp3) is 0.562. The molecule has 1 amide bonds. The van der Waals surface area contributed by atoms with Crippen LogP contribution in [-0.2, 0) is 11.2 Å². The molecule has 0 radical (unpaired) electrons. The standard InChI is InChI=1S/C16H23F3N2O.ClH/c1-3-11(2)14(20)15(22)21-13(16(17,18)19)10-9-12-7-5-4-6-8-12;/h4-8,11,13-14H,3,9-10,20H2,1-2H3,(H,21,22);1H. The molecule has 0 aliphatic carbocycles. The topological polar surface area (TPSA) is 55.1 Å². The Bertz CT molecular complexity index is 468. The molecule has 3 unspecified atom stereocenters. The molecule has 7 heteroatoms. The van der Waals surface area contributed by atoms with Gasteiger partial charge in [-0.25, -0.2) is 0 Å². The first kappa shape index (κ1) is 21.7. The van der Waals surface area contributed by atoms with E-state index in [-0.39, 0.29) is 31.2 Å². The van der Waals surface area contributed by atoms with Crippen molar-refractivity contribution in [1.29, 1.82) is 0 Å². The first-order valence-corrected chi connectivity index (χ1v) is 7.42. The number of aryl methyl sites for hydroxylation is 1. The van der Waals surface area contributed by atoms with E-state index >= 15 is 0 Å². The van der Waals surface area contributed by atoms with Crippen molar-refractivity contribution >= 4 is 18.3 Å². The van der Waals surface area contributed by atoms with Crippen LogP contribution in [0.15, 0.2) is 30.3 Å². The summed E-state index contributed by atoms with van der Waals surface area (Å²) in [7, 11) is 0. The van der Waals surface area contributed by atoms with Gasteiger partial charge in [-0.2, -0.15) is 13.2 Å². The Morgan fingerprint density at radius 3 is 2.30 bits per heavy atom. The van der Waals surface area contributed by atoms with Crippen molar-refractivity contribution in [2.45, 2.75) is 51.4 Å². The van der Waals surface area contributed by atoms with Gasteiger partial charge in [0.1, 0.15) is 6.04 Å². The van der Waals surface area contributed by atoms with Gasteiger partial charge in [0.2, 0.25) is 5.91 Å². The van der Waals surface area contributed by atoms with Crippen LogP contribution in [0.3, 0.4) is 0 Å². The molecule has 0 saturated heterocycles. The molecule has 0 aromatic heterocycles. The second-order valence-electron chi connectivity index (χ2n) is 5.54. The molecule has 1 aromatic carbocycles. The molecule has 23 heavy (non-hydrogen) atoms. The number of alkyl halides is 3. The van der Waals surface area contributed by atoms with E-state index in [2.05, 4.69) is 5.32 Å². The van der Waals surface area contributed by atoms with E-state index in [1.807, 2.05) is 6.92 Å². The smallest absolute Gasteiger partial charge is 0.343 e. The normalized spacial score (nSPS) is 15.2. The summed E-state index contributed by atoms with van der Waals surface area (Å²) < 4.78 is 39.2. The van der Waals surface area contributed by atoms with E-state index in [9.17, 15) is 18.0 Å². The number of nitrogens with two attached hydrogens (primary N) is 1. The second kappa shape index (κ2) is 9.78. The number of hydrogen-bond acceptors (Lipinski definition) is 2. The lowest BCUT2D eigenvalue weighted by Gasteiger charge is -2.25. The Labute approximate surface area is 141 Å². The SMILES string of the molecule is CCC(C)C(N)C(=O)NC(CCc1ccccc1)C(F)(F)F.Cl. The van der Waals surface area contributed by atoms with Crippen LogP contribution in [0.4, 0.5) is 13.2 Å². The van der Waals surface area contributed by atoms with Gasteiger partial charge < -0.3 is 11.1 Å². The Kier molecular flexibility index (Phi) is 9.24. The Balaban J connectivity index is 0.00000484. The van der Waals surface area contributed by atoms with E-state index < -0.39 is 24.2 Å². The average Bonchev–Trinajstić information content (AvgIpc) is 2.49. The van der Waals surface area contributed by atoms with Crippen LogP contribution >= 0.6 is 12.4 Å². The van der Waals surface area contributed by atoms with Gasteiger partial charge in [0, 0.05) is 0 Å². The van der Waals surface area contributed by atoms with E-state index in [4.69, 9.17) is 5.73 Å². The lowest BCUT2D eigenvalue weighted by Crippen LogP contribution is -2.53. The van der Waals surface area contributed by atoms with Crippen LogP contribution in [0.2, 0.25) is 0 Å². The monoisotopic (exact) mass is 352 g/mol. The van der Waals surface area contributed by atoms with Crippen molar-refractivity contribution in [2.75, 3.05) is 0 Å². The zero-order chi connectivity index (χ0) is 16.8. The van der Waals surface area contributed by atoms with E-state index in [1.54, 1.807) is 37.3 Å². The predicted molar refractivity (Wildman–Crippen MR) is 87.4 cm³/mol. The first-order valence-electron chi connectivity index (χ1n) is 7.42. The molecule has 1 rings (SSSR count). The highest BCUT2D eigenvalue weighted by Gasteiger charge is 2.41. The number of amides is 1. The Morgan fingerprint density at radius 1 is 1.26 bits per heavy atom. The zero-order valence-electron chi connectivity index (χ0n) is 13.3.